The number of hydrogen-bond acceptors (Lipinski definition) is 11. The molecule has 18 heteroatoms. The molecule has 1 aliphatic heterocycles. The van der Waals surface area contributed by atoms with E-state index in [0.29, 0.717) is 16.9 Å². The maximum atomic E-state index is 12.5. The molecule has 2 aromatic carbocycles. The Hall–Kier alpha value is -5.57. The highest BCUT2D eigenvalue weighted by Gasteiger charge is 2.43. The van der Waals surface area contributed by atoms with E-state index in [1.807, 2.05) is 13.8 Å². The lowest BCUT2D eigenvalue weighted by Crippen LogP contribution is -2.55. The predicted molar refractivity (Wildman–Crippen MR) is 185 cm³/mol. The van der Waals surface area contributed by atoms with E-state index in [9.17, 15) is 37.1 Å². The van der Waals surface area contributed by atoms with Crippen LogP contribution in [-0.2, 0) is 39.9 Å². The summed E-state index contributed by atoms with van der Waals surface area (Å²) < 4.78 is 61.1. The Balaban J connectivity index is 0.000000507. The van der Waals surface area contributed by atoms with Crippen LogP contribution in [0, 0.1) is 6.57 Å². The summed E-state index contributed by atoms with van der Waals surface area (Å²) in [5, 5.41) is 9.15. The molecule has 0 spiro atoms. The van der Waals surface area contributed by atoms with Gasteiger partial charge in [-0.05, 0) is 71.4 Å². The molecule has 53 heavy (non-hydrogen) atoms. The van der Waals surface area contributed by atoms with Gasteiger partial charge in [-0.2, -0.15) is 0 Å². The average Bonchev–Trinajstić information content (AvgIpc) is 3.01. The first-order valence-corrected chi connectivity index (χ1v) is 16.1. The summed E-state index contributed by atoms with van der Waals surface area (Å²) in [7, 11) is 0. The molecule has 0 bridgehead atoms. The van der Waals surface area contributed by atoms with E-state index in [2.05, 4.69) is 14.3 Å². The van der Waals surface area contributed by atoms with E-state index in [0.717, 1.165) is 28.9 Å². The van der Waals surface area contributed by atoms with Gasteiger partial charge in [-0.3, -0.25) is 9.59 Å². The number of nitrogen functional groups attached to an aromatic ring is 1. The van der Waals surface area contributed by atoms with Crippen LogP contribution in [0.15, 0.2) is 42.5 Å². The first-order valence-electron chi connectivity index (χ1n) is 16.1. The zero-order valence-corrected chi connectivity index (χ0v) is 30.9. The molecule has 2 aromatic rings. The van der Waals surface area contributed by atoms with E-state index < -0.39 is 65.6 Å². The Labute approximate surface area is 305 Å². The smallest absolute Gasteiger partial charge is 0.478 e. The zero-order chi connectivity index (χ0) is 40.9. The minimum absolute atomic E-state index is 0.0305. The number of carbonyl (C=O) groups excluding carboxylic acids is 4. The van der Waals surface area contributed by atoms with Gasteiger partial charge in [-0.25, -0.2) is 24.1 Å². The number of ether oxygens (including phenoxy) is 5. The fraction of sp³-hybridized carbons (Fsp3) is 0.486. The van der Waals surface area contributed by atoms with Gasteiger partial charge in [-0.15, -0.1) is 13.2 Å². The second-order valence-electron chi connectivity index (χ2n) is 12.7. The molecule has 1 heterocycles. The molecule has 0 aromatic heterocycles. The van der Waals surface area contributed by atoms with Crippen LogP contribution in [0.4, 0.5) is 39.8 Å². The van der Waals surface area contributed by atoms with Gasteiger partial charge in [0, 0.05) is 30.9 Å². The number of benzene rings is 2. The van der Waals surface area contributed by atoms with Gasteiger partial charge >= 0.3 is 30.5 Å². The predicted octanol–water partition coefficient (Wildman–Crippen LogP) is 6.85. The summed E-state index contributed by atoms with van der Waals surface area (Å²) in [5.41, 5.74) is 5.41. The van der Waals surface area contributed by atoms with Crippen molar-refractivity contribution in [3.8, 4) is 5.75 Å². The molecule has 1 aliphatic rings. The molecular formula is C35H45F3N4O11. The first kappa shape index (κ1) is 45.5. The second kappa shape index (κ2) is 19.3. The molecule has 3 N–H and O–H groups in total. The molecule has 1 saturated heterocycles. The van der Waals surface area contributed by atoms with Crippen LogP contribution >= 0.6 is 0 Å². The number of nitrogens with zero attached hydrogens (tertiary/aromatic N) is 3. The van der Waals surface area contributed by atoms with Crippen LogP contribution in [0.5, 0.6) is 5.75 Å². The van der Waals surface area contributed by atoms with E-state index in [1.165, 1.54) is 12.1 Å². The molecule has 1 fully saturated rings. The lowest BCUT2D eigenvalue weighted by molar-refractivity contribution is -0.274. The number of alkyl halides is 3. The van der Waals surface area contributed by atoms with Crippen molar-refractivity contribution >= 4 is 47.1 Å². The van der Waals surface area contributed by atoms with Crippen molar-refractivity contribution in [3.05, 3.63) is 59.4 Å². The topological polar surface area (TPSA) is 189 Å². The molecule has 3 rings (SSSR count). The maximum absolute atomic E-state index is 12.5. The maximum Gasteiger partial charge on any atom is 0.573 e. The van der Waals surface area contributed by atoms with Crippen LogP contribution in [0.25, 0.3) is 4.85 Å². The van der Waals surface area contributed by atoms with Gasteiger partial charge < -0.3 is 39.4 Å². The summed E-state index contributed by atoms with van der Waals surface area (Å²) in [6.07, 6.45) is -10.1. The summed E-state index contributed by atoms with van der Waals surface area (Å²) in [6.45, 7) is 22.1. The van der Waals surface area contributed by atoms with Crippen molar-refractivity contribution in [3.63, 3.8) is 0 Å². The number of morpholine rings is 1. The third kappa shape index (κ3) is 15.7. The number of amides is 3. The summed E-state index contributed by atoms with van der Waals surface area (Å²) >= 11 is 0. The molecule has 292 valence electrons. The Morgan fingerprint density at radius 2 is 1.58 bits per heavy atom. The zero-order valence-electron chi connectivity index (χ0n) is 30.9. The highest BCUT2D eigenvalue weighted by molar-refractivity contribution is 6.00. The lowest BCUT2D eigenvalue weighted by atomic mass is 10.1. The number of esters is 1. The number of imide groups is 1. The summed E-state index contributed by atoms with van der Waals surface area (Å²) in [4.78, 5) is 65.0. The highest BCUT2D eigenvalue weighted by atomic mass is 19.4. The van der Waals surface area contributed by atoms with E-state index in [1.54, 1.807) is 59.7 Å². The van der Waals surface area contributed by atoms with E-state index in [4.69, 9.17) is 31.6 Å². The van der Waals surface area contributed by atoms with Gasteiger partial charge in [0.1, 0.15) is 17.0 Å². The SMILES string of the molecule is CC.CC(=O)O[C@@H](C(=O)O)[C@H]1OCCN(c2cccc(OC(F)(F)F)c2)C1=O.[C-]#[N+]c1ccc(N)cc1CN(C(=O)OC(C)(C)C)C(=O)OC(C)(C)C. The number of hydrogen-bond donors (Lipinski definition) is 2. The largest absolute Gasteiger partial charge is 0.573 e. The van der Waals surface area contributed by atoms with Crippen LogP contribution < -0.4 is 15.4 Å². The van der Waals surface area contributed by atoms with Crippen molar-refractivity contribution in [1.82, 2.24) is 4.90 Å². The third-order valence-corrected chi connectivity index (χ3v) is 6.08. The Morgan fingerprint density at radius 3 is 2.06 bits per heavy atom. The monoisotopic (exact) mass is 754 g/mol. The summed E-state index contributed by atoms with van der Waals surface area (Å²) in [5.74, 6) is -3.92. The number of anilines is 2. The molecule has 15 nitrogen and oxygen atoms in total. The fourth-order valence-corrected chi connectivity index (χ4v) is 4.20. The minimum atomic E-state index is -4.90. The number of halogens is 3. The molecular weight excluding hydrogens is 709 g/mol. The van der Waals surface area contributed by atoms with Crippen molar-refractivity contribution in [2.75, 3.05) is 23.8 Å². The molecule has 0 aliphatic carbocycles. The second-order valence-corrected chi connectivity index (χ2v) is 12.7. The Morgan fingerprint density at radius 1 is 1.02 bits per heavy atom. The highest BCUT2D eigenvalue weighted by Crippen LogP contribution is 2.29. The Kier molecular flexibility index (Phi) is 16.6. The van der Waals surface area contributed by atoms with Gasteiger partial charge in [0.15, 0.2) is 11.8 Å². The van der Waals surface area contributed by atoms with Crippen molar-refractivity contribution in [2.45, 2.75) is 98.6 Å². The number of aliphatic carboxylic acids is 1. The molecule has 0 unspecified atom stereocenters. The average molecular weight is 755 g/mol. The van der Waals surface area contributed by atoms with Gasteiger partial charge in [0.25, 0.3) is 5.91 Å². The first-order chi connectivity index (χ1) is 24.4. The molecule has 2 atom stereocenters. The van der Waals surface area contributed by atoms with Crippen molar-refractivity contribution in [2.24, 2.45) is 0 Å². The van der Waals surface area contributed by atoms with Crippen LogP contribution in [-0.4, -0.2) is 83.0 Å². The van der Waals surface area contributed by atoms with Crippen LogP contribution in [0.1, 0.15) is 67.9 Å². The number of carboxylic acid groups (broad SMARTS) is 1. The number of nitrogens with two attached hydrogens (primary N) is 1. The van der Waals surface area contributed by atoms with Crippen molar-refractivity contribution in [1.29, 1.82) is 0 Å². The van der Waals surface area contributed by atoms with Crippen molar-refractivity contribution < 1.29 is 65.9 Å². The minimum Gasteiger partial charge on any atom is -0.478 e. The van der Waals surface area contributed by atoms with Crippen LogP contribution in [0.3, 0.4) is 0 Å². The van der Waals surface area contributed by atoms with Gasteiger partial charge in [-0.1, -0.05) is 26.0 Å². The number of carboxylic acids is 1. The normalized spacial score (nSPS) is 14.8. The Bertz CT molecular complexity index is 1620. The molecule has 0 radical (unpaired) electrons. The fourth-order valence-electron chi connectivity index (χ4n) is 4.20. The van der Waals surface area contributed by atoms with E-state index >= 15 is 0 Å². The third-order valence-electron chi connectivity index (χ3n) is 6.08. The number of carbonyl (C=O) groups is 5. The van der Waals surface area contributed by atoms with Gasteiger partial charge in [0.2, 0.25) is 6.10 Å². The van der Waals surface area contributed by atoms with Gasteiger partial charge in [0.05, 0.1) is 19.7 Å². The summed E-state index contributed by atoms with van der Waals surface area (Å²) in [6, 6.07) is 9.31. The molecule has 0 saturated carbocycles. The van der Waals surface area contributed by atoms with E-state index in [-0.39, 0.29) is 25.4 Å². The van der Waals surface area contributed by atoms with Crippen LogP contribution in [0.2, 0.25) is 0 Å². The number of rotatable bonds is 7. The lowest BCUT2D eigenvalue weighted by Gasteiger charge is -2.34. The standard InChI is InChI=1S/C18H25N3O4.C15H14F3NO7.C2H6/c1-17(2,3)24-15(22)21(16(23)25-18(4,5)6)11-12-10-13(19)8-9-14(12)20-7;1-8(20)25-12(14(22)23)11-13(21)19(5-6-24-11)9-3-2-4-10(7-9)26-15(16,17)18;1-2/h8-10H,11,19H2,1-6H3;2-4,7,11-12H,5-6H2,1H3,(H,22,23);1-2H3/t;11-,12-;/m.1./s1. The molecule has 3 amide bonds. The quantitative estimate of drug-likeness (QED) is 0.130.